The molecule has 0 bridgehead atoms. The number of carbonyl (C=O) groups excluding carboxylic acids is 2. The van der Waals surface area contributed by atoms with Gasteiger partial charge in [0.05, 0.1) is 17.5 Å². The van der Waals surface area contributed by atoms with Gasteiger partial charge in [0.25, 0.3) is 5.91 Å². The van der Waals surface area contributed by atoms with Gasteiger partial charge in [-0.25, -0.2) is 8.42 Å². The zero-order chi connectivity index (χ0) is 22.1. The number of benzene rings is 2. The number of rotatable bonds is 10. The van der Waals surface area contributed by atoms with Crippen molar-refractivity contribution in [2.75, 3.05) is 40.8 Å². The van der Waals surface area contributed by atoms with E-state index in [1.807, 2.05) is 30.3 Å². The normalized spacial score (nSPS) is 10.9. The fourth-order valence-electron chi connectivity index (χ4n) is 2.98. The molecular weight excluding hydrogens is 404 g/mol. The Morgan fingerprint density at radius 2 is 1.77 bits per heavy atom. The van der Waals surface area contributed by atoms with Gasteiger partial charge in [-0.1, -0.05) is 18.2 Å². The van der Waals surface area contributed by atoms with Crippen molar-refractivity contribution in [3.05, 3.63) is 54.1 Å². The first kappa shape index (κ1) is 23.2. The molecule has 2 rings (SSSR count). The van der Waals surface area contributed by atoms with Crippen LogP contribution >= 0.6 is 0 Å². The van der Waals surface area contributed by atoms with Gasteiger partial charge < -0.3 is 15.5 Å². The van der Waals surface area contributed by atoms with Crippen molar-refractivity contribution >= 4 is 38.9 Å². The van der Waals surface area contributed by atoms with Crippen LogP contribution in [0.3, 0.4) is 0 Å². The molecule has 0 saturated carbocycles. The Morgan fingerprint density at radius 3 is 2.37 bits per heavy atom. The Labute approximate surface area is 177 Å². The lowest BCUT2D eigenvalue weighted by molar-refractivity contribution is -0.114. The molecule has 2 aromatic carbocycles. The minimum Gasteiger partial charge on any atom is -0.372 e. The second kappa shape index (κ2) is 10.6. The quantitative estimate of drug-likeness (QED) is 0.500. The SMILES string of the molecule is CCN(CCCNC(=O)c1cc(NC(C)=O)ccc1NS(C)(=O)=O)c1ccccc1. The van der Waals surface area contributed by atoms with E-state index in [-0.39, 0.29) is 17.2 Å². The first-order valence-corrected chi connectivity index (χ1v) is 11.6. The molecular formula is C21H28N4O4S. The number of para-hydroxylation sites is 1. The predicted molar refractivity (Wildman–Crippen MR) is 120 cm³/mol. The summed E-state index contributed by atoms with van der Waals surface area (Å²) >= 11 is 0. The Hall–Kier alpha value is -3.07. The number of nitrogens with zero attached hydrogens (tertiary/aromatic N) is 1. The molecule has 3 N–H and O–H groups in total. The van der Waals surface area contributed by atoms with E-state index in [2.05, 4.69) is 27.2 Å². The van der Waals surface area contributed by atoms with Crippen molar-refractivity contribution < 1.29 is 18.0 Å². The van der Waals surface area contributed by atoms with Gasteiger partial charge in [-0.2, -0.15) is 0 Å². The van der Waals surface area contributed by atoms with Crippen LogP contribution in [0.15, 0.2) is 48.5 Å². The van der Waals surface area contributed by atoms with Crippen molar-refractivity contribution in [3.63, 3.8) is 0 Å². The van der Waals surface area contributed by atoms with Crippen molar-refractivity contribution in [3.8, 4) is 0 Å². The Bertz CT molecular complexity index is 978. The summed E-state index contributed by atoms with van der Waals surface area (Å²) in [5, 5.41) is 5.42. The lowest BCUT2D eigenvalue weighted by Gasteiger charge is -2.23. The Morgan fingerprint density at radius 1 is 1.07 bits per heavy atom. The molecule has 0 aliphatic rings. The summed E-state index contributed by atoms with van der Waals surface area (Å²) in [7, 11) is -3.56. The third kappa shape index (κ3) is 7.40. The first-order valence-electron chi connectivity index (χ1n) is 9.67. The van der Waals surface area contributed by atoms with Crippen LogP contribution in [0.4, 0.5) is 17.1 Å². The summed E-state index contributed by atoms with van der Waals surface area (Å²) in [4.78, 5) is 26.2. The van der Waals surface area contributed by atoms with E-state index in [0.29, 0.717) is 18.7 Å². The maximum Gasteiger partial charge on any atom is 0.253 e. The van der Waals surface area contributed by atoms with Crippen molar-refractivity contribution in [2.24, 2.45) is 0 Å². The molecule has 0 aliphatic carbocycles. The minimum absolute atomic E-state index is 0.141. The number of nitrogens with one attached hydrogen (secondary N) is 3. The fourth-order valence-corrected chi connectivity index (χ4v) is 3.55. The standard InChI is InChI=1S/C21H28N4O4S/c1-4-25(18-9-6-5-7-10-18)14-8-13-22-21(27)19-15-17(23-16(2)26)11-12-20(19)24-30(3,28)29/h5-7,9-12,15,24H,4,8,13-14H2,1-3H3,(H,22,27)(H,23,26). The van der Waals surface area contributed by atoms with Gasteiger partial charge in [-0.15, -0.1) is 0 Å². The van der Waals surface area contributed by atoms with Crippen LogP contribution in [0.5, 0.6) is 0 Å². The Kier molecular flexibility index (Phi) is 8.23. The van der Waals surface area contributed by atoms with E-state index in [4.69, 9.17) is 0 Å². The van der Waals surface area contributed by atoms with Crippen molar-refractivity contribution in [1.82, 2.24) is 5.32 Å². The third-order valence-electron chi connectivity index (χ3n) is 4.27. The van der Waals surface area contributed by atoms with E-state index < -0.39 is 15.9 Å². The predicted octanol–water partition coefficient (Wildman–Crippen LogP) is 2.66. The van der Waals surface area contributed by atoms with Gasteiger partial charge >= 0.3 is 0 Å². The largest absolute Gasteiger partial charge is 0.372 e. The topological polar surface area (TPSA) is 108 Å². The molecule has 0 heterocycles. The molecule has 0 unspecified atom stereocenters. The van der Waals surface area contributed by atoms with Crippen LogP contribution < -0.4 is 20.3 Å². The van der Waals surface area contributed by atoms with Crippen LogP contribution in [0.1, 0.15) is 30.6 Å². The minimum atomic E-state index is -3.56. The number of hydrogen-bond acceptors (Lipinski definition) is 5. The van der Waals surface area contributed by atoms with Crippen LogP contribution in [-0.2, 0) is 14.8 Å². The molecule has 8 nitrogen and oxygen atoms in total. The maximum absolute atomic E-state index is 12.7. The van der Waals surface area contributed by atoms with E-state index in [1.54, 1.807) is 0 Å². The maximum atomic E-state index is 12.7. The summed E-state index contributed by atoms with van der Waals surface area (Å²) in [6.45, 7) is 5.46. The highest BCUT2D eigenvalue weighted by Crippen LogP contribution is 2.22. The van der Waals surface area contributed by atoms with Crippen LogP contribution in [-0.4, -0.2) is 46.1 Å². The van der Waals surface area contributed by atoms with E-state index in [9.17, 15) is 18.0 Å². The molecule has 9 heteroatoms. The summed E-state index contributed by atoms with van der Waals surface area (Å²) in [5.74, 6) is -0.707. The Balaban J connectivity index is 2.04. The number of carbonyl (C=O) groups is 2. The number of anilines is 3. The molecule has 0 fully saturated rings. The molecule has 0 aliphatic heterocycles. The van der Waals surface area contributed by atoms with Crippen LogP contribution in [0, 0.1) is 0 Å². The highest BCUT2D eigenvalue weighted by Gasteiger charge is 2.15. The zero-order valence-electron chi connectivity index (χ0n) is 17.4. The highest BCUT2D eigenvalue weighted by molar-refractivity contribution is 7.92. The zero-order valence-corrected chi connectivity index (χ0v) is 18.3. The summed E-state index contributed by atoms with van der Waals surface area (Å²) in [5.41, 5.74) is 1.83. The van der Waals surface area contributed by atoms with Crippen molar-refractivity contribution in [1.29, 1.82) is 0 Å². The second-order valence-corrected chi connectivity index (χ2v) is 8.59. The third-order valence-corrected chi connectivity index (χ3v) is 4.86. The number of sulfonamides is 1. The molecule has 0 atom stereocenters. The molecule has 0 aromatic heterocycles. The first-order chi connectivity index (χ1) is 14.2. The molecule has 0 spiro atoms. The molecule has 30 heavy (non-hydrogen) atoms. The molecule has 2 aromatic rings. The number of amides is 2. The fraction of sp³-hybridized carbons (Fsp3) is 0.333. The van der Waals surface area contributed by atoms with Gasteiger partial charge in [0.2, 0.25) is 15.9 Å². The average molecular weight is 433 g/mol. The van der Waals surface area contributed by atoms with Gasteiger partial charge in [-0.05, 0) is 43.7 Å². The van der Waals surface area contributed by atoms with Crippen LogP contribution in [0.2, 0.25) is 0 Å². The van der Waals surface area contributed by atoms with Gasteiger partial charge in [0.1, 0.15) is 0 Å². The van der Waals surface area contributed by atoms with Gasteiger partial charge in [0.15, 0.2) is 0 Å². The summed E-state index contributed by atoms with van der Waals surface area (Å²) in [6.07, 6.45) is 1.73. The molecule has 162 valence electrons. The monoisotopic (exact) mass is 432 g/mol. The average Bonchev–Trinajstić information content (AvgIpc) is 2.68. The molecule has 0 saturated heterocycles. The van der Waals surface area contributed by atoms with E-state index in [1.165, 1.54) is 25.1 Å². The summed E-state index contributed by atoms with van der Waals surface area (Å²) in [6, 6.07) is 14.5. The summed E-state index contributed by atoms with van der Waals surface area (Å²) < 4.78 is 25.6. The molecule has 0 radical (unpaired) electrons. The number of hydrogen-bond donors (Lipinski definition) is 3. The lowest BCUT2D eigenvalue weighted by atomic mass is 10.1. The molecule has 2 amide bonds. The van der Waals surface area contributed by atoms with Gasteiger partial charge in [0, 0.05) is 37.9 Å². The smallest absolute Gasteiger partial charge is 0.253 e. The van der Waals surface area contributed by atoms with E-state index in [0.717, 1.165) is 25.0 Å². The van der Waals surface area contributed by atoms with Crippen LogP contribution in [0.25, 0.3) is 0 Å². The second-order valence-electron chi connectivity index (χ2n) is 6.84. The van der Waals surface area contributed by atoms with Gasteiger partial charge in [-0.3, -0.25) is 14.3 Å². The highest BCUT2D eigenvalue weighted by atomic mass is 32.2. The van der Waals surface area contributed by atoms with E-state index >= 15 is 0 Å². The van der Waals surface area contributed by atoms with Crippen molar-refractivity contribution in [2.45, 2.75) is 20.3 Å². The lowest BCUT2D eigenvalue weighted by Crippen LogP contribution is -2.30.